The van der Waals surface area contributed by atoms with E-state index in [2.05, 4.69) is 15.3 Å². The van der Waals surface area contributed by atoms with Gasteiger partial charge in [0.05, 0.1) is 31.5 Å². The molecule has 1 saturated heterocycles. The predicted molar refractivity (Wildman–Crippen MR) is 143 cm³/mol. The molecule has 1 fully saturated rings. The van der Waals surface area contributed by atoms with E-state index in [1.54, 1.807) is 7.11 Å². The molecule has 9 nitrogen and oxygen atoms in total. The third kappa shape index (κ3) is 6.30. The summed E-state index contributed by atoms with van der Waals surface area (Å²) in [5.74, 6) is 1.50. The van der Waals surface area contributed by atoms with Gasteiger partial charge in [0, 0.05) is 43.1 Å². The SMILES string of the molecule is COc1ccc(C2=NN(Cc3ccc(N4CCNCC4CC(N)=O)cc3)C(=O)SC2)cc1OC(C)C. The highest BCUT2D eigenvalue weighted by Crippen LogP contribution is 2.31. The standard InChI is InChI=1S/C26H33N5O4S/c1-17(2)35-24-12-19(6-9-23(24)34-3)22-16-36-26(33)31(29-22)15-18-4-7-20(8-5-18)30-11-10-28-14-21(30)13-25(27)32/h4-9,12,17,21,28H,10-11,13-16H2,1-3H3,(H2,27,32). The lowest BCUT2D eigenvalue weighted by Crippen LogP contribution is -2.52. The summed E-state index contributed by atoms with van der Waals surface area (Å²) in [7, 11) is 1.61. The Morgan fingerprint density at radius 3 is 2.69 bits per heavy atom. The van der Waals surface area contributed by atoms with Gasteiger partial charge in [-0.05, 0) is 49.7 Å². The zero-order valence-electron chi connectivity index (χ0n) is 20.9. The second-order valence-corrected chi connectivity index (χ2v) is 10.0. The Kier molecular flexibility index (Phi) is 8.37. The zero-order valence-corrected chi connectivity index (χ0v) is 21.7. The second-order valence-electron chi connectivity index (χ2n) is 9.08. The molecule has 2 aromatic rings. The van der Waals surface area contributed by atoms with E-state index in [0.717, 1.165) is 42.2 Å². The fourth-order valence-electron chi connectivity index (χ4n) is 4.34. The van der Waals surface area contributed by atoms with E-state index in [1.807, 2.05) is 56.3 Å². The largest absolute Gasteiger partial charge is 0.493 e. The number of thioether (sulfide) groups is 1. The van der Waals surface area contributed by atoms with Crippen molar-refractivity contribution in [2.75, 3.05) is 37.4 Å². The molecule has 3 N–H and O–H groups in total. The van der Waals surface area contributed by atoms with Gasteiger partial charge in [0.1, 0.15) is 0 Å². The molecule has 10 heteroatoms. The van der Waals surface area contributed by atoms with E-state index in [1.165, 1.54) is 16.8 Å². The highest BCUT2D eigenvalue weighted by Gasteiger charge is 2.25. The number of hydrazone groups is 1. The van der Waals surface area contributed by atoms with Crippen molar-refractivity contribution in [3.8, 4) is 11.5 Å². The van der Waals surface area contributed by atoms with Crippen LogP contribution < -0.4 is 25.4 Å². The van der Waals surface area contributed by atoms with Crippen LogP contribution in [0.4, 0.5) is 10.5 Å². The van der Waals surface area contributed by atoms with E-state index >= 15 is 0 Å². The van der Waals surface area contributed by atoms with Crippen LogP contribution in [0.2, 0.25) is 0 Å². The molecule has 192 valence electrons. The van der Waals surface area contributed by atoms with Crippen LogP contribution in [-0.4, -0.2) is 66.5 Å². The van der Waals surface area contributed by atoms with Crippen LogP contribution in [0.3, 0.4) is 0 Å². The number of anilines is 1. The van der Waals surface area contributed by atoms with Crippen LogP contribution >= 0.6 is 11.8 Å². The third-order valence-electron chi connectivity index (χ3n) is 6.03. The Morgan fingerprint density at radius 1 is 1.22 bits per heavy atom. The molecule has 0 radical (unpaired) electrons. The van der Waals surface area contributed by atoms with Gasteiger partial charge in [0.25, 0.3) is 0 Å². The van der Waals surface area contributed by atoms with Gasteiger partial charge in [-0.1, -0.05) is 23.9 Å². The molecule has 2 aromatic carbocycles. The van der Waals surface area contributed by atoms with Gasteiger partial charge in [0.15, 0.2) is 11.5 Å². The molecular formula is C26H33N5O4S. The van der Waals surface area contributed by atoms with E-state index < -0.39 is 0 Å². The molecule has 1 unspecified atom stereocenters. The molecule has 0 aliphatic carbocycles. The Bertz CT molecular complexity index is 1120. The average Bonchev–Trinajstić information content (AvgIpc) is 2.85. The van der Waals surface area contributed by atoms with Crippen LogP contribution in [0.15, 0.2) is 47.6 Å². The summed E-state index contributed by atoms with van der Waals surface area (Å²) >= 11 is 1.24. The zero-order chi connectivity index (χ0) is 25.7. The Balaban J connectivity index is 1.50. The molecule has 2 heterocycles. The van der Waals surface area contributed by atoms with Crippen molar-refractivity contribution in [3.63, 3.8) is 0 Å². The number of benzene rings is 2. The normalized spacial score (nSPS) is 18.3. The van der Waals surface area contributed by atoms with E-state index in [9.17, 15) is 9.59 Å². The number of methoxy groups -OCH3 is 1. The Morgan fingerprint density at radius 2 is 2.00 bits per heavy atom. The maximum Gasteiger partial charge on any atom is 0.302 e. The first-order valence-electron chi connectivity index (χ1n) is 12.1. The number of rotatable bonds is 9. The summed E-state index contributed by atoms with van der Waals surface area (Å²) < 4.78 is 11.3. The summed E-state index contributed by atoms with van der Waals surface area (Å²) in [6, 6.07) is 13.8. The van der Waals surface area contributed by atoms with Crippen LogP contribution in [0.5, 0.6) is 11.5 Å². The van der Waals surface area contributed by atoms with Gasteiger partial charge in [-0.15, -0.1) is 0 Å². The molecular weight excluding hydrogens is 478 g/mol. The monoisotopic (exact) mass is 511 g/mol. The molecule has 1 atom stereocenters. The molecule has 0 saturated carbocycles. The summed E-state index contributed by atoms with van der Waals surface area (Å²) in [5.41, 5.74) is 9.15. The highest BCUT2D eigenvalue weighted by atomic mass is 32.2. The predicted octanol–water partition coefficient (Wildman–Crippen LogP) is 3.21. The van der Waals surface area contributed by atoms with Crippen molar-refractivity contribution in [2.45, 2.75) is 39.0 Å². The number of hydrogen-bond donors (Lipinski definition) is 2. The van der Waals surface area contributed by atoms with Crippen molar-refractivity contribution in [2.24, 2.45) is 10.8 Å². The van der Waals surface area contributed by atoms with Crippen LogP contribution in [0.1, 0.15) is 31.4 Å². The van der Waals surface area contributed by atoms with E-state index in [4.69, 9.17) is 15.2 Å². The summed E-state index contributed by atoms with van der Waals surface area (Å²) in [4.78, 5) is 26.3. The molecule has 2 aliphatic heterocycles. The van der Waals surface area contributed by atoms with Crippen molar-refractivity contribution < 1.29 is 19.1 Å². The number of ether oxygens (including phenoxy) is 2. The molecule has 0 bridgehead atoms. The smallest absolute Gasteiger partial charge is 0.302 e. The number of carbonyl (C=O) groups is 2. The van der Waals surface area contributed by atoms with Crippen LogP contribution in [-0.2, 0) is 11.3 Å². The first-order chi connectivity index (χ1) is 17.3. The fourth-order valence-corrected chi connectivity index (χ4v) is 5.08. The fraction of sp³-hybridized carbons (Fsp3) is 0.423. The quantitative estimate of drug-likeness (QED) is 0.532. The Labute approximate surface area is 216 Å². The maximum absolute atomic E-state index is 12.6. The minimum atomic E-state index is -0.306. The van der Waals surface area contributed by atoms with Crippen molar-refractivity contribution >= 4 is 34.3 Å². The van der Waals surface area contributed by atoms with Crippen molar-refractivity contribution in [1.29, 1.82) is 0 Å². The molecule has 36 heavy (non-hydrogen) atoms. The number of amides is 2. The van der Waals surface area contributed by atoms with Gasteiger partial charge in [-0.25, -0.2) is 5.01 Å². The van der Waals surface area contributed by atoms with E-state index in [0.29, 0.717) is 30.2 Å². The minimum absolute atomic E-state index is 0.00476. The number of nitrogens with one attached hydrogen (secondary N) is 1. The lowest BCUT2D eigenvalue weighted by atomic mass is 10.1. The summed E-state index contributed by atoms with van der Waals surface area (Å²) in [6.07, 6.45) is 0.311. The highest BCUT2D eigenvalue weighted by molar-refractivity contribution is 8.14. The summed E-state index contributed by atoms with van der Waals surface area (Å²) in [5, 5.41) is 9.42. The molecule has 4 rings (SSSR count). The first-order valence-corrected chi connectivity index (χ1v) is 13.0. The maximum atomic E-state index is 12.6. The first kappa shape index (κ1) is 25.8. The van der Waals surface area contributed by atoms with E-state index in [-0.39, 0.29) is 23.3 Å². The number of nitrogens with two attached hydrogens (primary N) is 1. The van der Waals surface area contributed by atoms with Gasteiger partial charge in [-0.3, -0.25) is 9.59 Å². The van der Waals surface area contributed by atoms with Gasteiger partial charge in [0.2, 0.25) is 5.91 Å². The van der Waals surface area contributed by atoms with Gasteiger partial charge < -0.3 is 25.4 Å². The van der Waals surface area contributed by atoms with Crippen LogP contribution in [0, 0.1) is 0 Å². The number of primary amides is 1. The lowest BCUT2D eigenvalue weighted by Gasteiger charge is -2.37. The number of piperazine rings is 1. The Hall–Kier alpha value is -3.24. The van der Waals surface area contributed by atoms with Crippen molar-refractivity contribution in [1.82, 2.24) is 10.3 Å². The minimum Gasteiger partial charge on any atom is -0.493 e. The number of carbonyl (C=O) groups excluding carboxylic acids is 2. The molecule has 0 aromatic heterocycles. The molecule has 0 spiro atoms. The van der Waals surface area contributed by atoms with Crippen molar-refractivity contribution in [3.05, 3.63) is 53.6 Å². The molecule has 2 amide bonds. The third-order valence-corrected chi connectivity index (χ3v) is 6.91. The topological polar surface area (TPSA) is 109 Å². The van der Waals surface area contributed by atoms with Gasteiger partial charge in [-0.2, -0.15) is 5.10 Å². The second kappa shape index (κ2) is 11.7. The van der Waals surface area contributed by atoms with Gasteiger partial charge >= 0.3 is 5.24 Å². The lowest BCUT2D eigenvalue weighted by molar-refractivity contribution is -0.118. The van der Waals surface area contributed by atoms with Crippen LogP contribution in [0.25, 0.3) is 0 Å². The summed E-state index contributed by atoms with van der Waals surface area (Å²) in [6.45, 7) is 6.67. The molecule has 2 aliphatic rings. The number of nitrogens with zero attached hydrogens (tertiary/aromatic N) is 3. The average molecular weight is 512 g/mol. The number of hydrogen-bond acceptors (Lipinski definition) is 8.